The van der Waals surface area contributed by atoms with Crippen LogP contribution in [0, 0.1) is 11.6 Å². The lowest BCUT2D eigenvalue weighted by atomic mass is 9.78. The smallest absolute Gasteiger partial charge is 0.251 e. The highest BCUT2D eigenvalue weighted by Gasteiger charge is 2.29. The number of hydrogen-bond donors (Lipinski definition) is 2. The highest BCUT2D eigenvalue weighted by atomic mass is 19.1. The van der Waals surface area contributed by atoms with E-state index < -0.39 is 23.3 Å². The molecule has 0 heterocycles. The molecule has 0 unspecified atom stereocenters. The van der Waals surface area contributed by atoms with E-state index in [-0.39, 0.29) is 17.0 Å². The van der Waals surface area contributed by atoms with Gasteiger partial charge >= 0.3 is 0 Å². The van der Waals surface area contributed by atoms with Crippen LogP contribution in [0.3, 0.4) is 0 Å². The largest absolute Gasteiger partial charge is 0.503 e. The molecule has 2 rings (SSSR count). The van der Waals surface area contributed by atoms with Crippen LogP contribution in [0.15, 0.2) is 42.5 Å². The Morgan fingerprint density at radius 3 is 2.17 bits per heavy atom. The normalized spacial score (nSPS) is 12.7. The van der Waals surface area contributed by atoms with Gasteiger partial charge in [0.1, 0.15) is 0 Å². The van der Waals surface area contributed by atoms with E-state index in [1.54, 1.807) is 0 Å². The first-order valence-corrected chi connectivity index (χ1v) is 7.28. The Hall–Kier alpha value is -2.43. The number of rotatable bonds is 4. The van der Waals surface area contributed by atoms with Crippen molar-refractivity contribution in [3.05, 3.63) is 65.2 Å². The molecule has 5 heteroatoms. The molecule has 23 heavy (non-hydrogen) atoms. The minimum absolute atomic E-state index is 0.173. The van der Waals surface area contributed by atoms with Gasteiger partial charge in [0.15, 0.2) is 17.4 Å². The number of phenolic OH excluding ortho intramolecular Hbond substituents is 1. The number of hydrogen-bond acceptors (Lipinski definition) is 2. The van der Waals surface area contributed by atoms with Gasteiger partial charge < -0.3 is 10.4 Å². The highest BCUT2D eigenvalue weighted by Crippen LogP contribution is 2.27. The summed E-state index contributed by atoms with van der Waals surface area (Å²) in [5.41, 5.74) is 0.495. The zero-order valence-electron chi connectivity index (χ0n) is 13.2. The van der Waals surface area contributed by atoms with Crippen molar-refractivity contribution in [2.75, 3.05) is 0 Å². The zero-order valence-corrected chi connectivity index (χ0v) is 13.2. The van der Waals surface area contributed by atoms with Gasteiger partial charge in [-0.25, -0.2) is 8.78 Å². The fraction of sp³-hybridized carbons (Fsp3) is 0.278. The minimum atomic E-state index is -1.16. The summed E-state index contributed by atoms with van der Waals surface area (Å²) < 4.78 is 26.7. The molecule has 0 bridgehead atoms. The summed E-state index contributed by atoms with van der Waals surface area (Å²) in [4.78, 5) is 12.2. The predicted molar refractivity (Wildman–Crippen MR) is 84.4 cm³/mol. The summed E-state index contributed by atoms with van der Waals surface area (Å²) in [5, 5.41) is 11.8. The fourth-order valence-corrected chi connectivity index (χ4v) is 2.27. The Kier molecular flexibility index (Phi) is 4.68. The van der Waals surface area contributed by atoms with E-state index in [4.69, 9.17) is 5.11 Å². The van der Waals surface area contributed by atoms with Crippen molar-refractivity contribution in [1.82, 2.24) is 5.32 Å². The average molecular weight is 319 g/mol. The molecule has 1 amide bonds. The van der Waals surface area contributed by atoms with Crippen LogP contribution < -0.4 is 5.32 Å². The van der Waals surface area contributed by atoms with E-state index in [2.05, 4.69) is 5.32 Å². The SMILES string of the molecule is C[C@@H](NC(=O)c1cc(F)c(O)c(F)c1)C(C)(C)c1ccccc1. The van der Waals surface area contributed by atoms with Gasteiger partial charge in [0.25, 0.3) is 5.91 Å². The lowest BCUT2D eigenvalue weighted by Crippen LogP contribution is -2.45. The first kappa shape index (κ1) is 16.9. The van der Waals surface area contributed by atoms with Gasteiger partial charge in [-0.05, 0) is 24.6 Å². The predicted octanol–water partition coefficient (Wildman–Crippen LogP) is 3.77. The summed E-state index contributed by atoms with van der Waals surface area (Å²) >= 11 is 0. The molecule has 0 fully saturated rings. The fourth-order valence-electron chi connectivity index (χ4n) is 2.27. The molecule has 122 valence electrons. The average Bonchev–Trinajstić information content (AvgIpc) is 2.52. The standard InChI is InChI=1S/C18H19F2NO2/c1-11(18(2,3)13-7-5-4-6-8-13)21-17(23)12-9-14(19)16(22)15(20)10-12/h4-11,22H,1-3H3,(H,21,23)/t11-/m1/s1. The Morgan fingerprint density at radius 2 is 1.65 bits per heavy atom. The number of carbonyl (C=O) groups excluding carboxylic acids is 1. The van der Waals surface area contributed by atoms with Gasteiger partial charge in [0.05, 0.1) is 0 Å². The molecule has 0 spiro atoms. The monoisotopic (exact) mass is 319 g/mol. The second kappa shape index (κ2) is 6.36. The van der Waals surface area contributed by atoms with E-state index in [1.807, 2.05) is 51.1 Å². The number of nitrogens with one attached hydrogen (secondary N) is 1. The molecule has 1 atom stereocenters. The number of aromatic hydroxyl groups is 1. The third kappa shape index (κ3) is 3.50. The zero-order chi connectivity index (χ0) is 17.2. The van der Waals surface area contributed by atoms with Crippen LogP contribution in [0.5, 0.6) is 5.75 Å². The van der Waals surface area contributed by atoms with Crippen molar-refractivity contribution in [3.63, 3.8) is 0 Å². The molecule has 0 aliphatic carbocycles. The number of carbonyl (C=O) groups is 1. The molecule has 0 saturated carbocycles. The van der Waals surface area contributed by atoms with Crippen LogP contribution >= 0.6 is 0 Å². The second-order valence-corrected chi connectivity index (χ2v) is 6.07. The molecule has 2 aromatic rings. The summed E-state index contributed by atoms with van der Waals surface area (Å²) in [7, 11) is 0. The van der Waals surface area contributed by atoms with Crippen LogP contribution in [0.25, 0.3) is 0 Å². The second-order valence-electron chi connectivity index (χ2n) is 6.07. The van der Waals surface area contributed by atoms with E-state index in [9.17, 15) is 13.6 Å². The van der Waals surface area contributed by atoms with Gasteiger partial charge in [-0.15, -0.1) is 0 Å². The summed E-state index contributed by atoms with van der Waals surface area (Å²) in [6.45, 7) is 5.79. The molecule has 0 aliphatic heterocycles. The quantitative estimate of drug-likeness (QED) is 0.901. The first-order chi connectivity index (χ1) is 10.7. The summed E-state index contributed by atoms with van der Waals surface area (Å²) in [5.74, 6) is -4.01. The van der Waals surface area contributed by atoms with Crippen LogP contribution in [0.2, 0.25) is 0 Å². The molecule has 3 nitrogen and oxygen atoms in total. The topological polar surface area (TPSA) is 49.3 Å². The molecular weight excluding hydrogens is 300 g/mol. The van der Waals surface area contributed by atoms with Gasteiger partial charge in [-0.2, -0.15) is 0 Å². The lowest BCUT2D eigenvalue weighted by molar-refractivity contribution is 0.0923. The molecule has 2 N–H and O–H groups in total. The van der Waals surface area contributed by atoms with Gasteiger partial charge in [0, 0.05) is 17.0 Å². The molecule has 0 aliphatic rings. The Labute approximate surface area is 134 Å². The third-order valence-corrected chi connectivity index (χ3v) is 4.23. The number of amides is 1. The van der Waals surface area contributed by atoms with E-state index in [0.717, 1.165) is 17.7 Å². The van der Waals surface area contributed by atoms with Crippen LogP contribution in [-0.4, -0.2) is 17.1 Å². The molecule has 0 aromatic heterocycles. The Morgan fingerprint density at radius 1 is 1.13 bits per heavy atom. The molecular formula is C18H19F2NO2. The van der Waals surface area contributed by atoms with Crippen molar-refractivity contribution in [2.45, 2.75) is 32.2 Å². The van der Waals surface area contributed by atoms with E-state index >= 15 is 0 Å². The minimum Gasteiger partial charge on any atom is -0.503 e. The maximum atomic E-state index is 13.4. The van der Waals surface area contributed by atoms with Gasteiger partial charge in [-0.1, -0.05) is 44.2 Å². The van der Waals surface area contributed by atoms with Gasteiger partial charge in [0.2, 0.25) is 0 Å². The number of halogens is 2. The van der Waals surface area contributed by atoms with Crippen molar-refractivity contribution in [2.24, 2.45) is 0 Å². The maximum absolute atomic E-state index is 13.4. The number of benzene rings is 2. The van der Waals surface area contributed by atoms with Crippen LogP contribution in [-0.2, 0) is 5.41 Å². The van der Waals surface area contributed by atoms with Crippen molar-refractivity contribution in [1.29, 1.82) is 0 Å². The molecule has 0 radical (unpaired) electrons. The van der Waals surface area contributed by atoms with E-state index in [1.165, 1.54) is 0 Å². The van der Waals surface area contributed by atoms with Crippen molar-refractivity contribution < 1.29 is 18.7 Å². The van der Waals surface area contributed by atoms with E-state index in [0.29, 0.717) is 0 Å². The number of phenols is 1. The van der Waals surface area contributed by atoms with Crippen molar-refractivity contribution in [3.8, 4) is 5.75 Å². The van der Waals surface area contributed by atoms with Crippen molar-refractivity contribution >= 4 is 5.91 Å². The summed E-state index contributed by atoms with van der Waals surface area (Å²) in [6.07, 6.45) is 0. The van der Waals surface area contributed by atoms with Crippen LogP contribution in [0.4, 0.5) is 8.78 Å². The maximum Gasteiger partial charge on any atom is 0.251 e. The molecule has 2 aromatic carbocycles. The lowest BCUT2D eigenvalue weighted by Gasteiger charge is -2.33. The summed E-state index contributed by atoms with van der Waals surface area (Å²) in [6, 6.07) is 11.0. The Balaban J connectivity index is 2.20. The molecule has 0 saturated heterocycles. The van der Waals surface area contributed by atoms with Crippen LogP contribution in [0.1, 0.15) is 36.7 Å². The van der Waals surface area contributed by atoms with Gasteiger partial charge in [-0.3, -0.25) is 4.79 Å². The first-order valence-electron chi connectivity index (χ1n) is 7.28. The Bertz CT molecular complexity index is 691. The third-order valence-electron chi connectivity index (χ3n) is 4.23. The highest BCUT2D eigenvalue weighted by molar-refractivity contribution is 5.94.